The second-order valence-electron chi connectivity index (χ2n) is 8.96. The van der Waals surface area contributed by atoms with Crippen molar-refractivity contribution in [1.29, 1.82) is 0 Å². The number of allylic oxidation sites excluding steroid dienone is 2. The summed E-state index contributed by atoms with van der Waals surface area (Å²) in [5.74, 6) is 0.466. The molecule has 0 saturated heterocycles. The molecule has 0 saturated carbocycles. The van der Waals surface area contributed by atoms with Crippen molar-refractivity contribution < 1.29 is 4.79 Å². The zero-order valence-corrected chi connectivity index (χ0v) is 17.8. The molecule has 0 bridgehead atoms. The molecular weight excluding hydrogens is 358 g/mol. The van der Waals surface area contributed by atoms with Gasteiger partial charge in [0.2, 0.25) is 0 Å². The van der Waals surface area contributed by atoms with E-state index in [9.17, 15) is 4.79 Å². The summed E-state index contributed by atoms with van der Waals surface area (Å²) in [6, 6.07) is 6.99. The van der Waals surface area contributed by atoms with E-state index in [0.717, 1.165) is 38.8 Å². The van der Waals surface area contributed by atoms with Crippen LogP contribution >= 0.6 is 24.6 Å². The molecule has 3 aliphatic rings. The van der Waals surface area contributed by atoms with Crippen LogP contribution in [0.4, 0.5) is 0 Å². The molecule has 2 nitrogen and oxygen atoms in total. The van der Waals surface area contributed by atoms with Crippen LogP contribution in [0.1, 0.15) is 68.4 Å². The number of fused-ring (bicyclic) bond motifs is 1. The Bertz CT molecular complexity index is 767. The van der Waals surface area contributed by atoms with E-state index in [1.807, 2.05) is 11.8 Å². The Kier molecular flexibility index (Phi) is 5.04. The van der Waals surface area contributed by atoms with Gasteiger partial charge in [0, 0.05) is 24.3 Å². The van der Waals surface area contributed by atoms with Crippen LogP contribution in [0.15, 0.2) is 28.7 Å². The minimum absolute atomic E-state index is 0.119. The third-order valence-electron chi connectivity index (χ3n) is 6.30. The summed E-state index contributed by atoms with van der Waals surface area (Å²) in [5.41, 5.74) is 6.05. The minimum Gasteiger partial charge on any atom is -0.299 e. The number of hydrogen-bond donors (Lipinski definition) is 1. The molecule has 0 N–H and O–H groups in total. The van der Waals surface area contributed by atoms with Gasteiger partial charge in [-0.1, -0.05) is 44.9 Å². The molecule has 2 unspecified atom stereocenters. The van der Waals surface area contributed by atoms with E-state index in [-0.39, 0.29) is 5.92 Å². The number of Topliss-reactive ketones (excluding diaryl/α,β-unsaturated/α-hetero) is 1. The highest BCUT2D eigenvalue weighted by Gasteiger charge is 2.38. The zero-order valence-electron chi connectivity index (χ0n) is 16.0. The Morgan fingerprint density at radius 2 is 2.08 bits per heavy atom. The van der Waals surface area contributed by atoms with Crippen molar-refractivity contribution in [3.63, 3.8) is 0 Å². The van der Waals surface area contributed by atoms with Crippen molar-refractivity contribution in [3.05, 3.63) is 45.4 Å². The monoisotopic (exact) mass is 387 g/mol. The van der Waals surface area contributed by atoms with Gasteiger partial charge < -0.3 is 0 Å². The topological polar surface area (TPSA) is 20.3 Å². The Labute approximate surface area is 167 Å². The summed E-state index contributed by atoms with van der Waals surface area (Å²) in [7, 11) is 0. The number of nitrogens with zero attached hydrogens (tertiary/aromatic N) is 1. The fourth-order valence-corrected chi connectivity index (χ4v) is 6.47. The summed E-state index contributed by atoms with van der Waals surface area (Å²) >= 11 is 6.58. The van der Waals surface area contributed by atoms with Crippen molar-refractivity contribution in [2.45, 2.75) is 64.7 Å². The van der Waals surface area contributed by atoms with Crippen LogP contribution in [0.2, 0.25) is 0 Å². The highest BCUT2D eigenvalue weighted by molar-refractivity contribution is 8.03. The molecule has 0 aromatic heterocycles. The van der Waals surface area contributed by atoms with Gasteiger partial charge in [0.1, 0.15) is 5.78 Å². The van der Waals surface area contributed by atoms with Gasteiger partial charge in [-0.05, 0) is 71.6 Å². The van der Waals surface area contributed by atoms with Crippen LogP contribution < -0.4 is 0 Å². The molecular formula is C22H29NOS2. The lowest BCUT2D eigenvalue weighted by molar-refractivity contribution is -0.120. The molecule has 0 radical (unpaired) electrons. The van der Waals surface area contributed by atoms with Crippen molar-refractivity contribution in [2.24, 2.45) is 11.3 Å². The average molecular weight is 388 g/mol. The largest absolute Gasteiger partial charge is 0.299 e. The summed E-state index contributed by atoms with van der Waals surface area (Å²) in [4.78, 5) is 14.0. The molecule has 1 aromatic rings. The first-order valence-electron chi connectivity index (χ1n) is 9.77. The predicted octanol–water partition coefficient (Wildman–Crippen LogP) is 5.74. The van der Waals surface area contributed by atoms with E-state index in [1.54, 1.807) is 6.92 Å². The number of hydrogen-bond acceptors (Lipinski definition) is 4. The number of carbonyl (C=O) groups is 1. The first-order chi connectivity index (χ1) is 12.3. The lowest BCUT2D eigenvalue weighted by Gasteiger charge is -2.41. The van der Waals surface area contributed by atoms with Gasteiger partial charge in [-0.15, -0.1) is 11.8 Å². The molecule has 0 amide bonds. The Morgan fingerprint density at radius 1 is 1.27 bits per heavy atom. The lowest BCUT2D eigenvalue weighted by Crippen LogP contribution is -2.29. The first-order valence-corrected chi connectivity index (χ1v) is 11.0. The maximum Gasteiger partial charge on any atom is 0.137 e. The normalized spacial score (nSPS) is 28.5. The fraction of sp³-hybridized carbons (Fsp3) is 0.591. The van der Waals surface area contributed by atoms with Crippen molar-refractivity contribution in [3.8, 4) is 0 Å². The minimum atomic E-state index is 0.119. The molecule has 2 atom stereocenters. The van der Waals surface area contributed by atoms with E-state index in [1.165, 1.54) is 33.6 Å². The molecule has 1 aliphatic carbocycles. The van der Waals surface area contributed by atoms with Gasteiger partial charge in [0.25, 0.3) is 0 Å². The summed E-state index contributed by atoms with van der Waals surface area (Å²) in [5, 5.41) is 0.407. The number of rotatable bonds is 2. The van der Waals surface area contributed by atoms with Crippen LogP contribution in [-0.2, 0) is 17.8 Å². The second-order valence-corrected chi connectivity index (χ2v) is 10.8. The molecule has 4 heteroatoms. The third-order valence-corrected chi connectivity index (χ3v) is 8.14. The average Bonchev–Trinajstić information content (AvgIpc) is 2.59. The maximum absolute atomic E-state index is 12.5. The second kappa shape index (κ2) is 7.03. The summed E-state index contributed by atoms with van der Waals surface area (Å²) in [6.07, 6.45) is 5.50. The quantitative estimate of drug-likeness (QED) is 0.654. The van der Waals surface area contributed by atoms with Gasteiger partial charge in [-0.25, -0.2) is 4.31 Å². The lowest BCUT2D eigenvalue weighted by atomic mass is 9.72. The van der Waals surface area contributed by atoms with Crippen LogP contribution in [0, 0.1) is 11.3 Å². The van der Waals surface area contributed by atoms with Crippen molar-refractivity contribution in [2.75, 3.05) is 6.54 Å². The number of benzene rings is 1. The van der Waals surface area contributed by atoms with Gasteiger partial charge in [0.15, 0.2) is 0 Å². The van der Waals surface area contributed by atoms with Crippen LogP contribution in [-0.4, -0.2) is 16.6 Å². The maximum atomic E-state index is 12.5. The molecule has 26 heavy (non-hydrogen) atoms. The van der Waals surface area contributed by atoms with Gasteiger partial charge >= 0.3 is 0 Å². The molecule has 2 heterocycles. The highest BCUT2D eigenvalue weighted by Crippen LogP contribution is 2.55. The Hall–Kier alpha value is -0.710. The fourth-order valence-electron chi connectivity index (χ4n) is 4.72. The molecule has 2 aliphatic heterocycles. The number of thioether (sulfide) groups is 1. The van der Waals surface area contributed by atoms with Crippen LogP contribution in [0.3, 0.4) is 0 Å². The van der Waals surface area contributed by atoms with Crippen LogP contribution in [0.5, 0.6) is 0 Å². The van der Waals surface area contributed by atoms with Gasteiger partial charge in [-0.3, -0.25) is 4.79 Å². The predicted molar refractivity (Wildman–Crippen MR) is 113 cm³/mol. The number of ketones is 1. The van der Waals surface area contributed by atoms with Gasteiger partial charge in [-0.2, -0.15) is 0 Å². The highest BCUT2D eigenvalue weighted by atomic mass is 32.2. The molecule has 0 fully saturated rings. The van der Waals surface area contributed by atoms with E-state index >= 15 is 0 Å². The molecule has 0 spiro atoms. The van der Waals surface area contributed by atoms with E-state index < -0.39 is 0 Å². The summed E-state index contributed by atoms with van der Waals surface area (Å²) < 4.78 is 2.10. The smallest absolute Gasteiger partial charge is 0.137 e. The molecule has 4 rings (SSSR count). The van der Waals surface area contributed by atoms with Gasteiger partial charge in [0.05, 0.1) is 0 Å². The SMILES string of the molecule is CC(=O)C1CC(c2ccc3c(c2)CN(S)CC3)SC2=C1CC(C)(C)CC2. The Morgan fingerprint density at radius 3 is 2.85 bits per heavy atom. The number of thiol groups is 1. The Balaban J connectivity index is 1.64. The first kappa shape index (κ1) is 18.6. The van der Waals surface area contributed by atoms with Crippen molar-refractivity contribution >= 4 is 30.4 Å². The van der Waals surface area contributed by atoms with E-state index in [2.05, 4.69) is 49.2 Å². The zero-order chi connectivity index (χ0) is 18.5. The van der Waals surface area contributed by atoms with Crippen LogP contribution in [0.25, 0.3) is 0 Å². The van der Waals surface area contributed by atoms with E-state index in [0.29, 0.717) is 16.4 Å². The summed E-state index contributed by atoms with van der Waals surface area (Å²) in [6.45, 7) is 8.42. The van der Waals surface area contributed by atoms with Crippen molar-refractivity contribution in [1.82, 2.24) is 4.31 Å². The standard InChI is InChI=1S/C22H29NOS2/c1-14(24)18-11-21(26-20-6-8-22(2,3)12-19(18)20)16-5-4-15-7-9-23(25)13-17(15)10-16/h4-5,10,18,21,25H,6-9,11-13H2,1-3H3. The third kappa shape index (κ3) is 3.65. The number of carbonyl (C=O) groups excluding carboxylic acids is 1. The molecule has 1 aromatic carbocycles. The van der Waals surface area contributed by atoms with E-state index in [4.69, 9.17) is 0 Å². The molecule has 140 valence electrons.